The average Bonchev–Trinajstić information content (AvgIpc) is 3.09. The minimum absolute atomic E-state index is 0.0823. The lowest BCUT2D eigenvalue weighted by Crippen LogP contribution is -2.34. The lowest BCUT2D eigenvalue weighted by atomic mass is 9.87. The van der Waals surface area contributed by atoms with Crippen LogP contribution in [0.2, 0.25) is 0 Å². The van der Waals surface area contributed by atoms with Crippen molar-refractivity contribution in [3.8, 4) is 51.7 Å². The van der Waals surface area contributed by atoms with Crippen LogP contribution in [0.1, 0.15) is 45.5 Å². The zero-order valence-corrected chi connectivity index (χ0v) is 27.9. The first-order chi connectivity index (χ1) is 23.0. The summed E-state index contributed by atoms with van der Waals surface area (Å²) in [5.74, 6) is 5.71. The maximum Gasteiger partial charge on any atom is 0.204 e. The molecule has 2 atom stereocenters. The number of likely N-dealkylation sites (N-methyl/N-ethyl adjacent to an activating group) is 1. The number of rotatable bonds is 5. The van der Waals surface area contributed by atoms with E-state index in [1.54, 1.807) is 35.5 Å². The predicted molar refractivity (Wildman–Crippen MR) is 180 cm³/mol. The van der Waals surface area contributed by atoms with E-state index in [9.17, 15) is 0 Å². The highest BCUT2D eigenvalue weighted by Crippen LogP contribution is 2.54. The molecule has 0 saturated carbocycles. The van der Waals surface area contributed by atoms with E-state index in [1.807, 2.05) is 18.2 Å². The molecule has 0 amide bonds. The van der Waals surface area contributed by atoms with E-state index < -0.39 is 0 Å². The summed E-state index contributed by atoms with van der Waals surface area (Å²) in [5.41, 5.74) is 6.72. The zero-order chi connectivity index (χ0) is 32.7. The van der Waals surface area contributed by atoms with Crippen LogP contribution >= 0.6 is 0 Å². The van der Waals surface area contributed by atoms with Crippen LogP contribution in [0.5, 0.6) is 51.7 Å². The van der Waals surface area contributed by atoms with Gasteiger partial charge in [0, 0.05) is 29.8 Å². The molecule has 0 aliphatic carbocycles. The average molecular weight is 639 g/mol. The second kappa shape index (κ2) is 12.9. The fourth-order valence-corrected chi connectivity index (χ4v) is 7.31. The number of hydrogen-bond acceptors (Lipinski definition) is 9. The SMILES string of the molecule is COc1ccc2cc1Oc1ccc(cc1)CC1c3cc(OC)c(OC)c(c3CCN1C)Oc1c(OC)c(OC)cc3c1[C@H](C2)NCC3. The van der Waals surface area contributed by atoms with E-state index >= 15 is 0 Å². The van der Waals surface area contributed by atoms with Gasteiger partial charge in [-0.1, -0.05) is 18.2 Å². The van der Waals surface area contributed by atoms with E-state index in [0.29, 0.717) is 52.4 Å². The maximum atomic E-state index is 7.16. The van der Waals surface area contributed by atoms with Crippen molar-refractivity contribution in [3.63, 3.8) is 0 Å². The molecule has 4 aliphatic heterocycles. The summed E-state index contributed by atoms with van der Waals surface area (Å²) in [5, 5.41) is 3.76. The molecule has 4 heterocycles. The number of hydrogen-bond donors (Lipinski definition) is 1. The molecular formula is C38H42N2O7. The quantitative estimate of drug-likeness (QED) is 0.253. The van der Waals surface area contributed by atoms with Crippen LogP contribution < -0.4 is 38.5 Å². The van der Waals surface area contributed by atoms with Crippen molar-refractivity contribution in [2.45, 2.75) is 37.8 Å². The van der Waals surface area contributed by atoms with Crippen molar-refractivity contribution < 1.29 is 33.2 Å². The fraction of sp³-hybridized carbons (Fsp3) is 0.368. The van der Waals surface area contributed by atoms with Gasteiger partial charge in [0.1, 0.15) is 5.75 Å². The van der Waals surface area contributed by atoms with Crippen molar-refractivity contribution in [1.29, 1.82) is 0 Å². The number of nitrogens with zero attached hydrogens (tertiary/aromatic N) is 1. The van der Waals surface area contributed by atoms with E-state index in [0.717, 1.165) is 65.9 Å². The van der Waals surface area contributed by atoms with Crippen molar-refractivity contribution in [2.24, 2.45) is 0 Å². The lowest BCUT2D eigenvalue weighted by Gasteiger charge is -2.37. The van der Waals surface area contributed by atoms with Gasteiger partial charge in [0.05, 0.1) is 35.5 Å². The Hall–Kier alpha value is -4.60. The third-order valence-electron chi connectivity index (χ3n) is 9.70. The highest BCUT2D eigenvalue weighted by molar-refractivity contribution is 5.67. The van der Waals surface area contributed by atoms with E-state index in [2.05, 4.69) is 53.7 Å². The van der Waals surface area contributed by atoms with Crippen molar-refractivity contribution >= 4 is 0 Å². The van der Waals surface area contributed by atoms with Crippen LogP contribution in [0.25, 0.3) is 0 Å². The molecule has 0 radical (unpaired) electrons. The zero-order valence-electron chi connectivity index (χ0n) is 27.9. The Morgan fingerprint density at radius 3 is 2.13 bits per heavy atom. The molecule has 47 heavy (non-hydrogen) atoms. The lowest BCUT2D eigenvalue weighted by molar-refractivity contribution is 0.224. The molecule has 4 aliphatic rings. The van der Waals surface area contributed by atoms with Crippen molar-refractivity contribution in [1.82, 2.24) is 10.2 Å². The predicted octanol–water partition coefficient (Wildman–Crippen LogP) is 6.83. The molecule has 1 unspecified atom stereocenters. The Kier molecular flexibility index (Phi) is 8.51. The smallest absolute Gasteiger partial charge is 0.204 e. The standard InChI is InChI=1S/C38H42N2O7/c1-40-16-14-26-27-21-33(43-4)36(44-5)35(26)47-38-34-24(20-32(42-3)37(38)45-6)13-15-39-28(34)17-23-9-12-30(41-2)31(19-23)46-25-10-7-22(8-11-25)18-29(27)40/h7-12,19-21,28-29,39H,13-18H2,1-6H3/t28-,29?/m0/s1. The van der Waals surface area contributed by atoms with Gasteiger partial charge in [0.25, 0.3) is 0 Å². The van der Waals surface area contributed by atoms with Crippen LogP contribution in [0.4, 0.5) is 0 Å². The van der Waals surface area contributed by atoms with Crippen LogP contribution in [0.15, 0.2) is 54.6 Å². The van der Waals surface area contributed by atoms with E-state index in [4.69, 9.17) is 33.2 Å². The van der Waals surface area contributed by atoms with Gasteiger partial charge in [0.2, 0.25) is 11.5 Å². The highest BCUT2D eigenvalue weighted by atomic mass is 16.6. The van der Waals surface area contributed by atoms with Gasteiger partial charge >= 0.3 is 0 Å². The fourth-order valence-electron chi connectivity index (χ4n) is 7.31. The van der Waals surface area contributed by atoms with Crippen LogP contribution in [0, 0.1) is 0 Å². The van der Waals surface area contributed by atoms with Gasteiger partial charge in [-0.05, 0) is 97.9 Å². The summed E-state index contributed by atoms with van der Waals surface area (Å²) in [6.07, 6.45) is 3.07. The third kappa shape index (κ3) is 5.57. The third-order valence-corrected chi connectivity index (χ3v) is 9.70. The second-order valence-electron chi connectivity index (χ2n) is 12.3. The van der Waals surface area contributed by atoms with Gasteiger partial charge < -0.3 is 38.5 Å². The number of nitrogens with one attached hydrogen (secondary N) is 1. The Labute approximate surface area is 276 Å². The molecule has 4 aromatic rings. The van der Waals surface area contributed by atoms with Gasteiger partial charge in [-0.3, -0.25) is 4.90 Å². The summed E-state index contributed by atoms with van der Waals surface area (Å²) < 4.78 is 43.2. The topological polar surface area (TPSA) is 79.9 Å². The summed E-state index contributed by atoms with van der Waals surface area (Å²) in [4.78, 5) is 2.39. The normalized spacial score (nSPS) is 18.5. The molecular weight excluding hydrogens is 596 g/mol. The van der Waals surface area contributed by atoms with Crippen molar-refractivity contribution in [2.75, 3.05) is 55.7 Å². The Morgan fingerprint density at radius 2 is 1.40 bits per heavy atom. The van der Waals surface area contributed by atoms with Crippen LogP contribution in [-0.4, -0.2) is 60.6 Å². The van der Waals surface area contributed by atoms with Crippen molar-refractivity contribution in [3.05, 3.63) is 88.0 Å². The molecule has 0 spiro atoms. The minimum Gasteiger partial charge on any atom is -0.493 e. The monoisotopic (exact) mass is 638 g/mol. The molecule has 8 rings (SSSR count). The molecule has 246 valence electrons. The molecule has 8 bridgehead atoms. The Morgan fingerprint density at radius 1 is 0.702 bits per heavy atom. The largest absolute Gasteiger partial charge is 0.493 e. The summed E-state index contributed by atoms with van der Waals surface area (Å²) in [6.45, 7) is 1.67. The summed E-state index contributed by atoms with van der Waals surface area (Å²) >= 11 is 0. The second-order valence-corrected chi connectivity index (χ2v) is 12.3. The highest BCUT2D eigenvalue weighted by Gasteiger charge is 2.35. The van der Waals surface area contributed by atoms with Gasteiger partial charge in [0.15, 0.2) is 34.5 Å². The van der Waals surface area contributed by atoms with Crippen LogP contribution in [-0.2, 0) is 25.7 Å². The number of methoxy groups -OCH3 is 5. The number of ether oxygens (including phenoxy) is 7. The van der Waals surface area contributed by atoms with E-state index in [-0.39, 0.29) is 12.1 Å². The number of benzene rings is 4. The van der Waals surface area contributed by atoms with Gasteiger partial charge in [-0.25, -0.2) is 0 Å². The minimum atomic E-state index is -0.0840. The van der Waals surface area contributed by atoms with E-state index in [1.165, 1.54) is 5.56 Å². The summed E-state index contributed by atoms with van der Waals surface area (Å²) in [7, 11) is 10.5. The first-order valence-electron chi connectivity index (χ1n) is 16.1. The van der Waals surface area contributed by atoms with Crippen LogP contribution in [0.3, 0.4) is 0 Å². The molecule has 0 fully saturated rings. The molecule has 9 heteroatoms. The molecule has 0 aromatic heterocycles. The first-order valence-corrected chi connectivity index (χ1v) is 16.1. The van der Waals surface area contributed by atoms with Gasteiger partial charge in [-0.2, -0.15) is 0 Å². The summed E-state index contributed by atoms with van der Waals surface area (Å²) in [6, 6.07) is 18.6. The molecule has 4 aromatic carbocycles. The molecule has 0 saturated heterocycles. The Balaban J connectivity index is 1.50. The first kappa shape index (κ1) is 31.0. The number of fused-ring (bicyclic) bond motifs is 2. The Bertz CT molecular complexity index is 1790. The molecule has 1 N–H and O–H groups in total. The van der Waals surface area contributed by atoms with Gasteiger partial charge in [-0.15, -0.1) is 0 Å². The molecule has 9 nitrogen and oxygen atoms in total. The maximum absolute atomic E-state index is 7.16.